The summed E-state index contributed by atoms with van der Waals surface area (Å²) >= 11 is 0. The Morgan fingerprint density at radius 2 is 2.08 bits per heavy atom. The van der Waals surface area contributed by atoms with E-state index in [1.807, 2.05) is 0 Å². The van der Waals surface area contributed by atoms with E-state index in [9.17, 15) is 14.4 Å². The molecule has 2 saturated heterocycles. The normalized spacial score (nSPS) is 25.4. The number of nitrogens with zero attached hydrogens (tertiary/aromatic N) is 2. The Labute approximate surface area is 151 Å². The second-order valence-corrected chi connectivity index (χ2v) is 6.90. The number of hydrogen-bond donors (Lipinski definition) is 2. The molecule has 0 radical (unpaired) electrons. The number of fused-ring (bicyclic) bond motifs is 1. The maximum Gasteiger partial charge on any atom is 0.414 e. The molecule has 3 aliphatic rings. The van der Waals surface area contributed by atoms with Crippen LogP contribution in [-0.4, -0.2) is 54.7 Å². The summed E-state index contributed by atoms with van der Waals surface area (Å²) in [6, 6.07) is 6.90. The number of carbonyl (C=O) groups is 3. The number of rotatable bonds is 2. The zero-order chi connectivity index (χ0) is 18.1. The van der Waals surface area contributed by atoms with Gasteiger partial charge in [-0.2, -0.15) is 0 Å². The molecule has 4 rings (SSSR count). The zero-order valence-electron chi connectivity index (χ0n) is 14.4. The van der Waals surface area contributed by atoms with Gasteiger partial charge in [-0.25, -0.2) is 9.59 Å². The Bertz CT molecular complexity index is 738. The summed E-state index contributed by atoms with van der Waals surface area (Å²) in [5, 5.41) is 5.87. The fourth-order valence-corrected chi connectivity index (χ4v) is 3.97. The summed E-state index contributed by atoms with van der Waals surface area (Å²) in [6.07, 6.45) is 3.56. The van der Waals surface area contributed by atoms with E-state index in [-0.39, 0.29) is 36.7 Å². The molecule has 1 aromatic carbocycles. The van der Waals surface area contributed by atoms with Crippen molar-refractivity contribution in [3.8, 4) is 0 Å². The first-order valence-electron chi connectivity index (χ1n) is 9.03. The van der Waals surface area contributed by atoms with Crippen molar-refractivity contribution in [3.63, 3.8) is 0 Å². The minimum absolute atomic E-state index is 0.0400. The molecular formula is C18H22N4O4. The van der Waals surface area contributed by atoms with Crippen molar-refractivity contribution < 1.29 is 19.1 Å². The molecule has 138 valence electrons. The second-order valence-electron chi connectivity index (χ2n) is 6.90. The van der Waals surface area contributed by atoms with Crippen LogP contribution in [0.2, 0.25) is 0 Å². The highest BCUT2D eigenvalue weighted by atomic mass is 16.6. The van der Waals surface area contributed by atoms with Crippen molar-refractivity contribution in [3.05, 3.63) is 24.3 Å². The van der Waals surface area contributed by atoms with Crippen LogP contribution in [0.5, 0.6) is 0 Å². The third-order valence-corrected chi connectivity index (χ3v) is 5.22. The topological polar surface area (TPSA) is 91.0 Å². The summed E-state index contributed by atoms with van der Waals surface area (Å²) in [5.41, 5.74) is 1.27. The lowest BCUT2D eigenvalue weighted by Crippen LogP contribution is -2.63. The number of urea groups is 1. The molecule has 1 saturated carbocycles. The van der Waals surface area contributed by atoms with Gasteiger partial charge in [-0.3, -0.25) is 9.69 Å². The molecule has 4 amide bonds. The Morgan fingerprint density at radius 1 is 1.23 bits per heavy atom. The Balaban J connectivity index is 1.49. The lowest BCUT2D eigenvalue weighted by Gasteiger charge is -2.43. The van der Waals surface area contributed by atoms with E-state index in [0.29, 0.717) is 24.5 Å². The van der Waals surface area contributed by atoms with Crippen molar-refractivity contribution in [1.29, 1.82) is 0 Å². The molecule has 1 aliphatic carbocycles. The van der Waals surface area contributed by atoms with Crippen LogP contribution in [-0.2, 0) is 9.53 Å². The Kier molecular flexibility index (Phi) is 4.40. The predicted molar refractivity (Wildman–Crippen MR) is 95.0 cm³/mol. The average Bonchev–Trinajstić information content (AvgIpc) is 3.07. The van der Waals surface area contributed by atoms with Gasteiger partial charge in [0.2, 0.25) is 5.91 Å². The van der Waals surface area contributed by atoms with Crippen molar-refractivity contribution in [2.75, 3.05) is 29.9 Å². The first-order valence-corrected chi connectivity index (χ1v) is 9.03. The van der Waals surface area contributed by atoms with Gasteiger partial charge >= 0.3 is 12.1 Å². The van der Waals surface area contributed by atoms with Gasteiger partial charge < -0.3 is 20.3 Å². The largest absolute Gasteiger partial charge is 0.447 e. The van der Waals surface area contributed by atoms with Crippen molar-refractivity contribution in [2.24, 2.45) is 0 Å². The average molecular weight is 358 g/mol. The van der Waals surface area contributed by atoms with Gasteiger partial charge in [-0.05, 0) is 31.0 Å². The molecule has 3 fully saturated rings. The predicted octanol–water partition coefficient (Wildman–Crippen LogP) is 1.92. The number of carbonyl (C=O) groups excluding carboxylic acids is 3. The van der Waals surface area contributed by atoms with Crippen LogP contribution in [0, 0.1) is 0 Å². The molecule has 26 heavy (non-hydrogen) atoms. The molecule has 0 aromatic heterocycles. The molecule has 2 atom stereocenters. The van der Waals surface area contributed by atoms with E-state index in [4.69, 9.17) is 4.74 Å². The van der Waals surface area contributed by atoms with Crippen LogP contribution in [0.4, 0.5) is 21.0 Å². The summed E-state index contributed by atoms with van der Waals surface area (Å²) in [6.45, 7) is 0.929. The number of piperazine rings is 1. The van der Waals surface area contributed by atoms with Gasteiger partial charge in [0.15, 0.2) is 0 Å². The highest BCUT2D eigenvalue weighted by molar-refractivity contribution is 5.95. The number of cyclic esters (lactones) is 1. The highest BCUT2D eigenvalue weighted by Crippen LogP contribution is 2.27. The molecule has 8 heteroatoms. The second kappa shape index (κ2) is 6.86. The van der Waals surface area contributed by atoms with E-state index in [0.717, 1.165) is 25.7 Å². The van der Waals surface area contributed by atoms with Gasteiger partial charge in [-0.1, -0.05) is 18.9 Å². The van der Waals surface area contributed by atoms with Crippen molar-refractivity contribution in [2.45, 2.75) is 37.8 Å². The summed E-state index contributed by atoms with van der Waals surface area (Å²) in [7, 11) is 0. The van der Waals surface area contributed by atoms with E-state index >= 15 is 0 Å². The fraction of sp³-hybridized carbons (Fsp3) is 0.500. The van der Waals surface area contributed by atoms with E-state index in [1.165, 1.54) is 4.90 Å². The lowest BCUT2D eigenvalue weighted by molar-refractivity contribution is -0.126. The molecule has 2 heterocycles. The van der Waals surface area contributed by atoms with Crippen LogP contribution in [0.25, 0.3) is 0 Å². The molecule has 0 unspecified atom stereocenters. The first kappa shape index (κ1) is 16.7. The molecule has 1 aromatic rings. The first-order chi connectivity index (χ1) is 12.6. The van der Waals surface area contributed by atoms with Crippen molar-refractivity contribution >= 4 is 29.4 Å². The molecule has 0 spiro atoms. The van der Waals surface area contributed by atoms with Gasteiger partial charge in [0, 0.05) is 17.4 Å². The van der Waals surface area contributed by atoms with E-state index in [2.05, 4.69) is 10.6 Å². The van der Waals surface area contributed by atoms with Gasteiger partial charge in [0.1, 0.15) is 13.2 Å². The molecular weight excluding hydrogens is 336 g/mol. The maximum absolute atomic E-state index is 12.8. The van der Waals surface area contributed by atoms with Gasteiger partial charge in [-0.15, -0.1) is 0 Å². The molecule has 8 nitrogen and oxygen atoms in total. The highest BCUT2D eigenvalue weighted by Gasteiger charge is 2.38. The van der Waals surface area contributed by atoms with Crippen LogP contribution in [0.15, 0.2) is 24.3 Å². The number of benzene rings is 1. The minimum Gasteiger partial charge on any atom is -0.447 e. The third-order valence-electron chi connectivity index (χ3n) is 5.22. The lowest BCUT2D eigenvalue weighted by atomic mass is 9.87. The third kappa shape index (κ3) is 3.18. The van der Waals surface area contributed by atoms with Crippen LogP contribution >= 0.6 is 0 Å². The molecule has 2 aliphatic heterocycles. The fourth-order valence-electron chi connectivity index (χ4n) is 3.97. The monoisotopic (exact) mass is 358 g/mol. The zero-order valence-corrected chi connectivity index (χ0v) is 14.4. The van der Waals surface area contributed by atoms with Crippen LogP contribution in [0.1, 0.15) is 25.7 Å². The number of ether oxygens (including phenoxy) is 1. The SMILES string of the molecule is O=C1CN(C(=O)Nc2cccc(N3CCOC3=O)c2)[C@@H]2CCCC[C@H]2N1. The Hall–Kier alpha value is -2.77. The van der Waals surface area contributed by atoms with E-state index in [1.54, 1.807) is 29.2 Å². The molecule has 2 N–H and O–H groups in total. The van der Waals surface area contributed by atoms with Gasteiger partial charge in [0.05, 0.1) is 12.6 Å². The standard InChI is InChI=1S/C18H22N4O4/c23-16-11-22(15-7-2-1-6-14(15)20-16)17(24)19-12-4-3-5-13(10-12)21-8-9-26-18(21)25/h3-5,10,14-15H,1-2,6-9,11H2,(H,19,24)(H,20,23)/t14-,15-/m1/s1. The smallest absolute Gasteiger partial charge is 0.414 e. The summed E-state index contributed by atoms with van der Waals surface area (Å²) < 4.78 is 4.95. The number of anilines is 2. The maximum atomic E-state index is 12.8. The summed E-state index contributed by atoms with van der Waals surface area (Å²) in [5.74, 6) is -0.114. The number of hydrogen-bond acceptors (Lipinski definition) is 4. The van der Waals surface area contributed by atoms with Gasteiger partial charge in [0.25, 0.3) is 0 Å². The Morgan fingerprint density at radius 3 is 2.88 bits per heavy atom. The van der Waals surface area contributed by atoms with Crippen LogP contribution < -0.4 is 15.5 Å². The van der Waals surface area contributed by atoms with Crippen LogP contribution in [0.3, 0.4) is 0 Å². The van der Waals surface area contributed by atoms with Crippen molar-refractivity contribution in [1.82, 2.24) is 10.2 Å². The van der Waals surface area contributed by atoms with E-state index < -0.39 is 0 Å². The quantitative estimate of drug-likeness (QED) is 0.845. The number of nitrogens with one attached hydrogen (secondary N) is 2. The molecule has 0 bridgehead atoms. The summed E-state index contributed by atoms with van der Waals surface area (Å²) in [4.78, 5) is 39.6. The number of amides is 4. The minimum atomic E-state index is -0.383.